The second kappa shape index (κ2) is 6.39. The van der Waals surface area contributed by atoms with Crippen LogP contribution < -0.4 is 15.1 Å². The molecule has 3 aliphatic carbocycles. The average Bonchev–Trinajstić information content (AvgIpc) is 3.31. The summed E-state index contributed by atoms with van der Waals surface area (Å²) in [5.74, 6) is 1.33. The number of hydrogen-bond acceptors (Lipinski definition) is 6. The number of fused-ring (bicyclic) bond motifs is 7. The number of carbonyl (C=O) groups is 1. The second-order valence-corrected chi connectivity index (χ2v) is 9.53. The quantitative estimate of drug-likeness (QED) is 0.619. The largest absolute Gasteiger partial charge is 0.619 e. The van der Waals surface area contributed by atoms with Crippen LogP contribution in [0.25, 0.3) is 0 Å². The van der Waals surface area contributed by atoms with Gasteiger partial charge in [0.05, 0.1) is 24.4 Å². The molecule has 4 atom stereocenters. The second-order valence-electron chi connectivity index (χ2n) is 9.53. The lowest BCUT2D eigenvalue weighted by Gasteiger charge is -2.47. The Morgan fingerprint density at radius 1 is 1.24 bits per heavy atom. The predicted molar refractivity (Wildman–Crippen MR) is 105 cm³/mol. The van der Waals surface area contributed by atoms with E-state index in [0.29, 0.717) is 11.5 Å². The van der Waals surface area contributed by atoms with Crippen LogP contribution in [0.4, 0.5) is 5.82 Å². The fourth-order valence-electron chi connectivity index (χ4n) is 6.34. The van der Waals surface area contributed by atoms with Gasteiger partial charge in [-0.15, -0.1) is 0 Å². The van der Waals surface area contributed by atoms with Gasteiger partial charge in [0.25, 0.3) is 5.91 Å². The molecule has 4 heterocycles. The fraction of sp³-hybridized carbons (Fsp3) is 0.714. The van der Waals surface area contributed by atoms with Gasteiger partial charge >= 0.3 is 0 Å². The van der Waals surface area contributed by atoms with E-state index in [1.807, 2.05) is 0 Å². The predicted octanol–water partition coefficient (Wildman–Crippen LogP) is 1.67. The van der Waals surface area contributed by atoms with Crippen LogP contribution in [0, 0.1) is 17.0 Å². The number of carbonyl (C=O) groups excluding carboxylic acids is 1. The third kappa shape index (κ3) is 2.83. The Morgan fingerprint density at radius 3 is 2.79 bits per heavy atom. The summed E-state index contributed by atoms with van der Waals surface area (Å²) in [6, 6.07) is -0.0657. The van der Waals surface area contributed by atoms with E-state index in [1.165, 1.54) is 37.9 Å². The number of nitrogens with one attached hydrogen (secondary N) is 1. The zero-order valence-corrected chi connectivity index (χ0v) is 16.5. The van der Waals surface area contributed by atoms with E-state index in [-0.39, 0.29) is 35.6 Å². The molecule has 4 bridgehead atoms. The van der Waals surface area contributed by atoms with Crippen molar-refractivity contribution < 1.29 is 14.3 Å². The molecule has 8 heteroatoms. The number of aromatic nitrogens is 2. The summed E-state index contributed by atoms with van der Waals surface area (Å²) in [5.41, 5.74) is 0.546. The van der Waals surface area contributed by atoms with Crippen LogP contribution in [0.1, 0.15) is 57.8 Å². The average molecular weight is 397 g/mol. The van der Waals surface area contributed by atoms with Gasteiger partial charge in [-0.05, 0) is 63.7 Å². The lowest BCUT2D eigenvalue weighted by molar-refractivity contribution is -0.605. The first-order chi connectivity index (χ1) is 14.1. The van der Waals surface area contributed by atoms with Gasteiger partial charge in [-0.2, -0.15) is 9.83 Å². The summed E-state index contributed by atoms with van der Waals surface area (Å²) in [6.45, 7) is 0. The molecule has 4 unspecified atom stereocenters. The van der Waals surface area contributed by atoms with E-state index >= 15 is 0 Å². The van der Waals surface area contributed by atoms with Crippen LogP contribution in [0.3, 0.4) is 0 Å². The molecule has 154 valence electrons. The zero-order valence-electron chi connectivity index (χ0n) is 16.5. The van der Waals surface area contributed by atoms with Crippen molar-refractivity contribution in [3.05, 3.63) is 23.8 Å². The monoisotopic (exact) mass is 397 g/mol. The normalized spacial score (nSPS) is 39.9. The van der Waals surface area contributed by atoms with Crippen molar-refractivity contribution in [3.8, 4) is 0 Å². The van der Waals surface area contributed by atoms with Crippen LogP contribution >= 0.6 is 0 Å². The first kappa shape index (κ1) is 17.6. The highest BCUT2D eigenvalue weighted by Crippen LogP contribution is 2.46. The summed E-state index contributed by atoms with van der Waals surface area (Å²) in [7, 11) is 0. The molecule has 5 fully saturated rings. The highest BCUT2D eigenvalue weighted by molar-refractivity contribution is 6.40. The molecule has 29 heavy (non-hydrogen) atoms. The van der Waals surface area contributed by atoms with Crippen molar-refractivity contribution in [2.75, 3.05) is 5.01 Å². The molecule has 1 amide bonds. The number of hydrogen-bond donors (Lipinski definition) is 1. The van der Waals surface area contributed by atoms with Gasteiger partial charge < -0.3 is 15.3 Å². The molecule has 0 spiro atoms. The van der Waals surface area contributed by atoms with Crippen molar-refractivity contribution in [1.82, 2.24) is 10.3 Å². The fourth-order valence-corrected chi connectivity index (χ4v) is 6.34. The van der Waals surface area contributed by atoms with Crippen LogP contribution in [0.15, 0.2) is 23.7 Å². The Bertz CT molecular complexity index is 852. The molecular weight excluding hydrogens is 370 g/mol. The van der Waals surface area contributed by atoms with Crippen molar-refractivity contribution in [2.24, 2.45) is 16.9 Å². The van der Waals surface area contributed by atoms with Gasteiger partial charge in [0, 0.05) is 11.5 Å². The molecule has 3 saturated carbocycles. The molecule has 0 aromatic carbocycles. The van der Waals surface area contributed by atoms with Crippen LogP contribution in [0.2, 0.25) is 0 Å². The highest BCUT2D eigenvalue weighted by atomic mass is 16.5. The standard InChI is InChI=1S/C21H27N5O3/c27-20(23-21-6-3-13(4-7-21)5-8-21)18-15-11-14-1-2-16(29-14)19(15)26(24-18)17-12-25(28)10-9-22-17/h9-10,12-16,19H,1-8,11H2,(H,23,27). The molecule has 7 rings (SSSR count). The first-order valence-corrected chi connectivity index (χ1v) is 11.0. The number of hydrazone groups is 1. The number of rotatable bonds is 3. The maximum absolute atomic E-state index is 13.4. The SMILES string of the molecule is O=C(NC12CCC(CC1)CC2)C1=NN(c2c[n+]([O-])ccn2)C2C3CCC(CC12)O3. The minimum absolute atomic E-state index is 0.0261. The Balaban J connectivity index is 1.32. The lowest BCUT2D eigenvalue weighted by atomic mass is 9.65. The summed E-state index contributed by atoms with van der Waals surface area (Å²) in [4.78, 5) is 17.8. The molecule has 1 aromatic rings. The molecule has 8 nitrogen and oxygen atoms in total. The lowest BCUT2D eigenvalue weighted by Crippen LogP contribution is -2.56. The van der Waals surface area contributed by atoms with E-state index < -0.39 is 0 Å². The van der Waals surface area contributed by atoms with Crippen molar-refractivity contribution in [3.63, 3.8) is 0 Å². The van der Waals surface area contributed by atoms with E-state index in [1.54, 1.807) is 5.01 Å². The highest BCUT2D eigenvalue weighted by Gasteiger charge is 2.54. The molecule has 2 saturated heterocycles. The van der Waals surface area contributed by atoms with Gasteiger partial charge in [-0.25, -0.2) is 9.99 Å². The Kier molecular flexibility index (Phi) is 3.88. The van der Waals surface area contributed by atoms with Crippen LogP contribution in [-0.4, -0.2) is 40.4 Å². The summed E-state index contributed by atoms with van der Waals surface area (Å²) < 4.78 is 6.89. The first-order valence-electron chi connectivity index (χ1n) is 11.0. The number of amides is 1. The van der Waals surface area contributed by atoms with Crippen molar-refractivity contribution in [1.29, 1.82) is 0 Å². The molecule has 0 radical (unpaired) electrons. The number of ether oxygens (including phenoxy) is 1. The maximum atomic E-state index is 13.4. The topological polar surface area (TPSA) is 93.8 Å². The number of nitrogens with zero attached hydrogens (tertiary/aromatic N) is 4. The van der Waals surface area contributed by atoms with Crippen molar-refractivity contribution >= 4 is 17.4 Å². The summed E-state index contributed by atoms with van der Waals surface area (Å²) >= 11 is 0. The van der Waals surface area contributed by atoms with Crippen LogP contribution in [-0.2, 0) is 9.53 Å². The van der Waals surface area contributed by atoms with Gasteiger partial charge in [0.15, 0.2) is 6.20 Å². The molecule has 1 N–H and O–H groups in total. The molecule has 6 aliphatic rings. The van der Waals surface area contributed by atoms with Gasteiger partial charge in [-0.3, -0.25) is 4.79 Å². The van der Waals surface area contributed by atoms with Crippen molar-refractivity contribution in [2.45, 2.75) is 81.6 Å². The van der Waals surface area contributed by atoms with E-state index in [4.69, 9.17) is 9.84 Å². The smallest absolute Gasteiger partial charge is 0.268 e. The van der Waals surface area contributed by atoms with E-state index in [9.17, 15) is 10.0 Å². The molecular formula is C21H27N5O3. The molecule has 3 aliphatic heterocycles. The number of anilines is 1. The third-order valence-electron chi connectivity index (χ3n) is 7.90. The molecule has 1 aromatic heterocycles. The maximum Gasteiger partial charge on any atom is 0.268 e. The van der Waals surface area contributed by atoms with E-state index in [2.05, 4.69) is 10.3 Å². The van der Waals surface area contributed by atoms with Gasteiger partial charge in [0.1, 0.15) is 5.71 Å². The minimum Gasteiger partial charge on any atom is -0.619 e. The Morgan fingerprint density at radius 2 is 2.03 bits per heavy atom. The Labute approximate surface area is 169 Å². The van der Waals surface area contributed by atoms with E-state index in [0.717, 1.165) is 49.2 Å². The van der Waals surface area contributed by atoms with Gasteiger partial charge in [-0.1, -0.05) is 0 Å². The van der Waals surface area contributed by atoms with Gasteiger partial charge in [0.2, 0.25) is 12.0 Å². The third-order valence-corrected chi connectivity index (χ3v) is 7.90. The summed E-state index contributed by atoms with van der Waals surface area (Å²) in [5, 5.41) is 21.7. The Hall–Kier alpha value is -2.22. The zero-order chi connectivity index (χ0) is 19.6. The summed E-state index contributed by atoms with van der Waals surface area (Å²) in [6.07, 6.45) is 14.2. The van der Waals surface area contributed by atoms with Crippen LogP contribution in [0.5, 0.6) is 0 Å². The minimum atomic E-state index is -0.0657.